The Morgan fingerprint density at radius 2 is 2.00 bits per heavy atom. The summed E-state index contributed by atoms with van der Waals surface area (Å²) in [6.07, 6.45) is 2.39. The number of hydrogen-bond donors (Lipinski definition) is 1. The van der Waals surface area contributed by atoms with Crippen molar-refractivity contribution in [2.45, 2.75) is 65.5 Å². The lowest BCUT2D eigenvalue weighted by molar-refractivity contribution is 0.562. The van der Waals surface area contributed by atoms with Gasteiger partial charge in [0.2, 0.25) is 0 Å². The van der Waals surface area contributed by atoms with Gasteiger partial charge in [-0.05, 0) is 13.3 Å². The Hall–Kier alpha value is -0.610. The molecule has 0 saturated carbocycles. The summed E-state index contributed by atoms with van der Waals surface area (Å²) in [5.41, 5.74) is 7.07. The summed E-state index contributed by atoms with van der Waals surface area (Å²) < 4.78 is 0. The van der Waals surface area contributed by atoms with Gasteiger partial charge in [0.05, 0.1) is 5.69 Å². The van der Waals surface area contributed by atoms with Gasteiger partial charge in [-0.2, -0.15) is 0 Å². The lowest BCUT2D eigenvalue weighted by Crippen LogP contribution is -2.28. The summed E-state index contributed by atoms with van der Waals surface area (Å²) >= 11 is 1.74. The molecule has 2 N–H and O–H groups in total. The standard InChI is InChI=1S/C14H27N3S/c1-7-8-10(2)17(6)13-16-12(14(3,4)5)11(9-15)18-13/h10H,7-9,15H2,1-6H3. The SMILES string of the molecule is CCCC(C)N(C)c1nc(C(C)(C)C)c(CN)s1. The molecule has 0 saturated heterocycles. The van der Waals surface area contributed by atoms with Gasteiger partial charge >= 0.3 is 0 Å². The zero-order chi connectivity index (χ0) is 13.9. The van der Waals surface area contributed by atoms with E-state index < -0.39 is 0 Å². The highest BCUT2D eigenvalue weighted by atomic mass is 32.1. The molecule has 1 unspecified atom stereocenters. The van der Waals surface area contributed by atoms with Gasteiger partial charge in [0.25, 0.3) is 0 Å². The first-order valence-corrected chi connectivity index (χ1v) is 7.56. The summed E-state index contributed by atoms with van der Waals surface area (Å²) in [4.78, 5) is 8.32. The molecule has 0 aromatic carbocycles. The second kappa shape index (κ2) is 6.02. The van der Waals surface area contributed by atoms with E-state index in [1.54, 1.807) is 11.3 Å². The summed E-state index contributed by atoms with van der Waals surface area (Å²) in [7, 11) is 2.13. The number of thiazole rings is 1. The molecule has 0 fully saturated rings. The highest BCUT2D eigenvalue weighted by Crippen LogP contribution is 2.34. The van der Waals surface area contributed by atoms with Crippen molar-refractivity contribution in [3.63, 3.8) is 0 Å². The molecule has 1 rings (SSSR count). The van der Waals surface area contributed by atoms with Crippen LogP contribution in [0.2, 0.25) is 0 Å². The molecule has 1 aromatic rings. The fourth-order valence-corrected chi connectivity index (χ4v) is 3.23. The third-order valence-electron chi connectivity index (χ3n) is 3.25. The number of rotatable bonds is 5. The highest BCUT2D eigenvalue weighted by Gasteiger charge is 2.24. The quantitative estimate of drug-likeness (QED) is 0.889. The molecule has 4 heteroatoms. The minimum absolute atomic E-state index is 0.0677. The first-order valence-electron chi connectivity index (χ1n) is 6.74. The zero-order valence-electron chi connectivity index (χ0n) is 12.6. The third-order valence-corrected chi connectivity index (χ3v) is 4.42. The normalized spacial score (nSPS) is 13.7. The Labute approximate surface area is 115 Å². The second-order valence-electron chi connectivity index (χ2n) is 5.97. The van der Waals surface area contributed by atoms with Crippen molar-refractivity contribution in [3.8, 4) is 0 Å². The van der Waals surface area contributed by atoms with Crippen molar-refractivity contribution in [3.05, 3.63) is 10.6 Å². The summed E-state index contributed by atoms with van der Waals surface area (Å²) in [6.45, 7) is 11.6. The van der Waals surface area contributed by atoms with Gasteiger partial charge in [-0.3, -0.25) is 0 Å². The maximum atomic E-state index is 5.85. The maximum absolute atomic E-state index is 5.85. The Kier molecular flexibility index (Phi) is 5.17. The van der Waals surface area contributed by atoms with Crippen molar-refractivity contribution >= 4 is 16.5 Å². The van der Waals surface area contributed by atoms with Crippen LogP contribution in [0.5, 0.6) is 0 Å². The van der Waals surface area contributed by atoms with E-state index in [2.05, 4.69) is 46.6 Å². The molecule has 0 aliphatic heterocycles. The number of nitrogens with two attached hydrogens (primary N) is 1. The lowest BCUT2D eigenvalue weighted by atomic mass is 9.91. The topological polar surface area (TPSA) is 42.2 Å². The predicted octanol–water partition coefficient (Wildman–Crippen LogP) is 3.52. The molecule has 104 valence electrons. The van der Waals surface area contributed by atoms with Gasteiger partial charge in [0.1, 0.15) is 0 Å². The predicted molar refractivity (Wildman–Crippen MR) is 81.5 cm³/mol. The van der Waals surface area contributed by atoms with Gasteiger partial charge in [0, 0.05) is 29.9 Å². The largest absolute Gasteiger partial charge is 0.348 e. The summed E-state index contributed by atoms with van der Waals surface area (Å²) in [5.74, 6) is 0. The number of nitrogens with zero attached hydrogens (tertiary/aromatic N) is 2. The molecule has 0 aliphatic carbocycles. The van der Waals surface area contributed by atoms with Crippen LogP contribution >= 0.6 is 11.3 Å². The lowest BCUT2D eigenvalue weighted by Gasteiger charge is -2.24. The van der Waals surface area contributed by atoms with Gasteiger partial charge in [-0.25, -0.2) is 4.98 Å². The Bertz CT molecular complexity index is 379. The molecule has 0 bridgehead atoms. The molecule has 0 radical (unpaired) electrons. The zero-order valence-corrected chi connectivity index (χ0v) is 13.4. The van der Waals surface area contributed by atoms with Crippen LogP contribution in [0.1, 0.15) is 58.0 Å². The van der Waals surface area contributed by atoms with Crippen LogP contribution in [0.15, 0.2) is 0 Å². The maximum Gasteiger partial charge on any atom is 0.185 e. The van der Waals surface area contributed by atoms with E-state index in [4.69, 9.17) is 10.7 Å². The van der Waals surface area contributed by atoms with Crippen molar-refractivity contribution in [2.75, 3.05) is 11.9 Å². The van der Waals surface area contributed by atoms with Crippen LogP contribution in [0.4, 0.5) is 5.13 Å². The summed E-state index contributed by atoms with van der Waals surface area (Å²) in [6, 6.07) is 0.527. The molecular formula is C14H27N3S. The van der Waals surface area contributed by atoms with Crippen molar-refractivity contribution in [2.24, 2.45) is 5.73 Å². The Morgan fingerprint density at radius 1 is 1.39 bits per heavy atom. The van der Waals surface area contributed by atoms with Crippen molar-refractivity contribution < 1.29 is 0 Å². The fraction of sp³-hybridized carbons (Fsp3) is 0.786. The molecule has 0 amide bonds. The number of aromatic nitrogens is 1. The van der Waals surface area contributed by atoms with Gasteiger partial charge in [-0.15, -0.1) is 11.3 Å². The first-order chi connectivity index (χ1) is 8.31. The van der Waals surface area contributed by atoms with Crippen LogP contribution in [0.25, 0.3) is 0 Å². The van der Waals surface area contributed by atoms with E-state index in [0.29, 0.717) is 12.6 Å². The molecule has 1 aromatic heterocycles. The summed E-state index contributed by atoms with van der Waals surface area (Å²) in [5, 5.41) is 1.10. The molecule has 3 nitrogen and oxygen atoms in total. The first kappa shape index (κ1) is 15.4. The van der Waals surface area contributed by atoms with E-state index in [1.165, 1.54) is 17.7 Å². The Morgan fingerprint density at radius 3 is 2.39 bits per heavy atom. The minimum atomic E-state index is 0.0677. The van der Waals surface area contributed by atoms with E-state index in [1.807, 2.05) is 0 Å². The van der Waals surface area contributed by atoms with Crippen LogP contribution in [0, 0.1) is 0 Å². The second-order valence-corrected chi connectivity index (χ2v) is 7.03. The van der Waals surface area contributed by atoms with E-state index in [-0.39, 0.29) is 5.41 Å². The van der Waals surface area contributed by atoms with Gasteiger partial charge in [0.15, 0.2) is 5.13 Å². The molecule has 0 spiro atoms. The molecule has 1 atom stereocenters. The van der Waals surface area contributed by atoms with Crippen LogP contribution in [-0.2, 0) is 12.0 Å². The van der Waals surface area contributed by atoms with E-state index in [9.17, 15) is 0 Å². The van der Waals surface area contributed by atoms with E-state index >= 15 is 0 Å². The molecule has 1 heterocycles. The average Bonchev–Trinajstić information content (AvgIpc) is 2.71. The minimum Gasteiger partial charge on any atom is -0.348 e. The van der Waals surface area contributed by atoms with Crippen molar-refractivity contribution in [1.82, 2.24) is 4.98 Å². The molecular weight excluding hydrogens is 242 g/mol. The average molecular weight is 269 g/mol. The monoisotopic (exact) mass is 269 g/mol. The number of hydrogen-bond acceptors (Lipinski definition) is 4. The van der Waals surface area contributed by atoms with Gasteiger partial charge in [-0.1, -0.05) is 34.1 Å². The van der Waals surface area contributed by atoms with Crippen molar-refractivity contribution in [1.29, 1.82) is 0 Å². The third kappa shape index (κ3) is 3.45. The smallest absolute Gasteiger partial charge is 0.185 e. The highest BCUT2D eigenvalue weighted by molar-refractivity contribution is 7.15. The molecule has 18 heavy (non-hydrogen) atoms. The van der Waals surface area contributed by atoms with Gasteiger partial charge < -0.3 is 10.6 Å². The van der Waals surface area contributed by atoms with Crippen LogP contribution in [-0.4, -0.2) is 18.1 Å². The van der Waals surface area contributed by atoms with Crippen LogP contribution < -0.4 is 10.6 Å². The number of anilines is 1. The van der Waals surface area contributed by atoms with E-state index in [0.717, 1.165) is 10.8 Å². The fourth-order valence-electron chi connectivity index (χ4n) is 2.01. The van der Waals surface area contributed by atoms with Crippen LogP contribution in [0.3, 0.4) is 0 Å². The Balaban J connectivity index is 3.01. The molecule has 0 aliphatic rings.